The Hall–Kier alpha value is -2.86. The zero-order chi connectivity index (χ0) is 18.7. The van der Waals surface area contributed by atoms with Crippen LogP contribution in [0.1, 0.15) is 18.0 Å². The highest BCUT2D eigenvalue weighted by molar-refractivity contribution is 6.30. The van der Waals surface area contributed by atoms with Crippen molar-refractivity contribution >= 4 is 35.1 Å². The quantitative estimate of drug-likeness (QED) is 0.844. The molecule has 3 rings (SSSR count). The number of hydrogen-bond donors (Lipinski definition) is 2. The Balaban J connectivity index is 1.71. The van der Waals surface area contributed by atoms with E-state index >= 15 is 0 Å². The second-order valence-corrected chi connectivity index (χ2v) is 6.51. The molecule has 1 unspecified atom stereocenters. The number of carbonyl (C=O) groups excluding carboxylic acids is 2. The number of carboxylic acid groups (broad SMARTS) is 1. The molecule has 0 spiro atoms. The monoisotopic (exact) mass is 372 g/mol. The lowest BCUT2D eigenvalue weighted by Gasteiger charge is -2.19. The molecule has 0 aliphatic carbocycles. The molecule has 0 radical (unpaired) electrons. The van der Waals surface area contributed by atoms with Gasteiger partial charge in [0.25, 0.3) is 0 Å². The summed E-state index contributed by atoms with van der Waals surface area (Å²) < 4.78 is 0. The second kappa shape index (κ2) is 7.58. The first-order valence-corrected chi connectivity index (χ1v) is 8.47. The van der Waals surface area contributed by atoms with Gasteiger partial charge in [0.05, 0.1) is 5.92 Å². The third kappa shape index (κ3) is 3.86. The number of carboxylic acids is 1. The summed E-state index contributed by atoms with van der Waals surface area (Å²) in [5.41, 5.74) is 1.14. The number of aliphatic carboxylic acids is 1. The minimum absolute atomic E-state index is 0.0373. The third-order valence-electron chi connectivity index (χ3n) is 4.30. The van der Waals surface area contributed by atoms with Crippen LogP contribution in [0.4, 0.5) is 5.69 Å². The highest BCUT2D eigenvalue weighted by Gasteiger charge is 2.36. The fourth-order valence-corrected chi connectivity index (χ4v) is 3.07. The SMILES string of the molecule is O=C(N[C@H](C(=O)O)c1ccccc1)C1CC(=O)N(c2ccc(Cl)cc2)C1. The topological polar surface area (TPSA) is 86.7 Å². The Morgan fingerprint density at radius 2 is 1.77 bits per heavy atom. The van der Waals surface area contributed by atoms with Crippen molar-refractivity contribution in [3.8, 4) is 0 Å². The van der Waals surface area contributed by atoms with E-state index in [2.05, 4.69) is 5.32 Å². The Morgan fingerprint density at radius 1 is 1.12 bits per heavy atom. The van der Waals surface area contributed by atoms with Gasteiger partial charge in [-0.1, -0.05) is 41.9 Å². The van der Waals surface area contributed by atoms with E-state index in [-0.39, 0.29) is 18.9 Å². The number of nitrogens with zero attached hydrogens (tertiary/aromatic N) is 1. The van der Waals surface area contributed by atoms with E-state index in [1.807, 2.05) is 0 Å². The maximum Gasteiger partial charge on any atom is 0.330 e. The van der Waals surface area contributed by atoms with Crippen molar-refractivity contribution in [1.82, 2.24) is 5.32 Å². The van der Waals surface area contributed by atoms with E-state index < -0.39 is 23.8 Å². The number of hydrogen-bond acceptors (Lipinski definition) is 3. The fourth-order valence-electron chi connectivity index (χ4n) is 2.95. The molecule has 1 saturated heterocycles. The summed E-state index contributed by atoms with van der Waals surface area (Å²) in [7, 11) is 0. The maximum absolute atomic E-state index is 12.5. The number of rotatable bonds is 5. The van der Waals surface area contributed by atoms with Gasteiger partial charge < -0.3 is 15.3 Å². The zero-order valence-electron chi connectivity index (χ0n) is 13.8. The van der Waals surface area contributed by atoms with Gasteiger partial charge in [-0.3, -0.25) is 9.59 Å². The highest BCUT2D eigenvalue weighted by atomic mass is 35.5. The Bertz CT molecular complexity index is 823. The van der Waals surface area contributed by atoms with Crippen LogP contribution in [0.5, 0.6) is 0 Å². The van der Waals surface area contributed by atoms with Crippen LogP contribution in [-0.2, 0) is 14.4 Å². The normalized spacial score (nSPS) is 17.8. The molecule has 1 heterocycles. The molecule has 0 aromatic heterocycles. The number of amides is 2. The zero-order valence-corrected chi connectivity index (χ0v) is 14.5. The first-order valence-electron chi connectivity index (χ1n) is 8.10. The molecule has 134 valence electrons. The Kier molecular flexibility index (Phi) is 5.23. The molecular weight excluding hydrogens is 356 g/mol. The molecule has 1 fully saturated rings. The van der Waals surface area contributed by atoms with Crippen molar-refractivity contribution in [2.75, 3.05) is 11.4 Å². The predicted molar refractivity (Wildman–Crippen MR) is 96.9 cm³/mol. The van der Waals surface area contributed by atoms with Crippen LogP contribution in [0.15, 0.2) is 54.6 Å². The van der Waals surface area contributed by atoms with Gasteiger partial charge in [-0.05, 0) is 29.8 Å². The Morgan fingerprint density at radius 3 is 2.38 bits per heavy atom. The van der Waals surface area contributed by atoms with Gasteiger partial charge in [-0.25, -0.2) is 4.79 Å². The van der Waals surface area contributed by atoms with E-state index in [1.54, 1.807) is 54.6 Å². The van der Waals surface area contributed by atoms with Gasteiger partial charge in [0.15, 0.2) is 6.04 Å². The lowest BCUT2D eigenvalue weighted by atomic mass is 10.0. The van der Waals surface area contributed by atoms with E-state index in [0.29, 0.717) is 16.3 Å². The van der Waals surface area contributed by atoms with Crippen LogP contribution in [0.25, 0.3) is 0 Å². The van der Waals surface area contributed by atoms with Crippen LogP contribution in [0, 0.1) is 5.92 Å². The van der Waals surface area contributed by atoms with E-state index in [1.165, 1.54) is 4.90 Å². The number of anilines is 1. The minimum atomic E-state index is -1.15. The van der Waals surface area contributed by atoms with Crippen LogP contribution in [-0.4, -0.2) is 29.4 Å². The van der Waals surface area contributed by atoms with E-state index in [4.69, 9.17) is 11.6 Å². The number of benzene rings is 2. The summed E-state index contributed by atoms with van der Waals surface area (Å²) in [4.78, 5) is 37.8. The molecule has 2 atom stereocenters. The average molecular weight is 373 g/mol. The molecule has 7 heteroatoms. The Labute approximate surface area is 155 Å². The average Bonchev–Trinajstić information content (AvgIpc) is 3.02. The molecule has 2 aromatic carbocycles. The minimum Gasteiger partial charge on any atom is -0.479 e. The summed E-state index contributed by atoms with van der Waals surface area (Å²) in [6.07, 6.45) is 0.0373. The standard InChI is InChI=1S/C19H17ClN2O4/c20-14-6-8-15(9-7-14)22-11-13(10-16(22)23)18(24)21-17(19(25)26)12-4-2-1-3-5-12/h1-9,13,17H,10-11H2,(H,21,24)(H,25,26)/t13?,17-/m0/s1. The fraction of sp³-hybridized carbons (Fsp3) is 0.211. The van der Waals surface area contributed by atoms with Crippen LogP contribution in [0.3, 0.4) is 0 Å². The smallest absolute Gasteiger partial charge is 0.330 e. The van der Waals surface area contributed by atoms with E-state index in [0.717, 1.165) is 0 Å². The molecule has 2 N–H and O–H groups in total. The molecule has 0 saturated carbocycles. The summed E-state index contributed by atoms with van der Waals surface area (Å²) in [6.45, 7) is 0.202. The van der Waals surface area contributed by atoms with Gasteiger partial charge in [0.2, 0.25) is 11.8 Å². The van der Waals surface area contributed by atoms with Crippen molar-refractivity contribution in [3.63, 3.8) is 0 Å². The summed E-state index contributed by atoms with van der Waals surface area (Å²) >= 11 is 5.86. The van der Waals surface area contributed by atoms with Crippen LogP contribution < -0.4 is 10.2 Å². The molecule has 26 heavy (non-hydrogen) atoms. The van der Waals surface area contributed by atoms with Crippen molar-refractivity contribution in [3.05, 3.63) is 65.2 Å². The molecule has 2 amide bonds. The van der Waals surface area contributed by atoms with Crippen LogP contribution >= 0.6 is 11.6 Å². The molecule has 6 nitrogen and oxygen atoms in total. The first kappa shape index (κ1) is 17.9. The number of carbonyl (C=O) groups is 3. The second-order valence-electron chi connectivity index (χ2n) is 6.07. The van der Waals surface area contributed by atoms with Crippen molar-refractivity contribution in [2.24, 2.45) is 5.92 Å². The van der Waals surface area contributed by atoms with Crippen molar-refractivity contribution in [2.45, 2.75) is 12.5 Å². The van der Waals surface area contributed by atoms with Gasteiger partial charge in [0.1, 0.15) is 0 Å². The molecule has 1 aliphatic rings. The third-order valence-corrected chi connectivity index (χ3v) is 4.55. The van der Waals surface area contributed by atoms with Gasteiger partial charge in [0, 0.05) is 23.7 Å². The lowest BCUT2D eigenvalue weighted by Crippen LogP contribution is -2.38. The molecule has 1 aliphatic heterocycles. The highest BCUT2D eigenvalue weighted by Crippen LogP contribution is 2.27. The number of halogens is 1. The lowest BCUT2D eigenvalue weighted by molar-refractivity contribution is -0.142. The summed E-state index contributed by atoms with van der Waals surface area (Å²) in [5, 5.41) is 12.5. The molecule has 2 aromatic rings. The summed E-state index contributed by atoms with van der Waals surface area (Å²) in [5.74, 6) is -2.39. The number of nitrogens with one attached hydrogen (secondary N) is 1. The van der Waals surface area contributed by atoms with Crippen LogP contribution in [0.2, 0.25) is 5.02 Å². The summed E-state index contributed by atoms with van der Waals surface area (Å²) in [6, 6.07) is 14.1. The predicted octanol–water partition coefficient (Wildman–Crippen LogP) is 2.64. The van der Waals surface area contributed by atoms with Gasteiger partial charge in [-0.2, -0.15) is 0 Å². The largest absolute Gasteiger partial charge is 0.479 e. The first-order chi connectivity index (χ1) is 12.5. The molecular formula is C19H17ClN2O4. The van der Waals surface area contributed by atoms with Crippen molar-refractivity contribution in [1.29, 1.82) is 0 Å². The van der Waals surface area contributed by atoms with Gasteiger partial charge >= 0.3 is 5.97 Å². The maximum atomic E-state index is 12.5. The van der Waals surface area contributed by atoms with Gasteiger partial charge in [-0.15, -0.1) is 0 Å². The van der Waals surface area contributed by atoms with Crippen molar-refractivity contribution < 1.29 is 19.5 Å². The van der Waals surface area contributed by atoms with E-state index in [9.17, 15) is 19.5 Å². The molecule has 0 bridgehead atoms.